The highest BCUT2D eigenvalue weighted by Crippen LogP contribution is 2.37. The predicted octanol–water partition coefficient (Wildman–Crippen LogP) is 4.12. The molecule has 0 aliphatic rings. The molecule has 0 saturated carbocycles. The fourth-order valence-electron chi connectivity index (χ4n) is 1.63. The Morgan fingerprint density at radius 3 is 2.12 bits per heavy atom. The van der Waals surface area contributed by atoms with E-state index < -0.39 is 0 Å². The monoisotopic (exact) mass is 258 g/mol. The van der Waals surface area contributed by atoms with E-state index in [-0.39, 0.29) is 0 Å². The van der Waals surface area contributed by atoms with E-state index in [9.17, 15) is 0 Å². The van der Waals surface area contributed by atoms with E-state index in [2.05, 4.69) is 23.2 Å². The van der Waals surface area contributed by atoms with Gasteiger partial charge in [-0.05, 0) is 42.0 Å². The molecule has 0 atom stereocenters. The highest BCUT2D eigenvalue weighted by atomic mass is 32.1. The minimum absolute atomic E-state index is 0.860. The van der Waals surface area contributed by atoms with Gasteiger partial charge < -0.3 is 5.73 Å². The first-order chi connectivity index (χ1) is 8.33. The van der Waals surface area contributed by atoms with Crippen molar-refractivity contribution in [3.63, 3.8) is 0 Å². The highest BCUT2D eigenvalue weighted by molar-refractivity contribution is 7.25. The average molecular weight is 258 g/mol. The SMILES string of the molecule is Nc1ccc(-c2ccc(-c3ccncc3)s2)s1. The molecule has 0 fully saturated rings. The fraction of sp³-hybridized carbons (Fsp3) is 0. The van der Waals surface area contributed by atoms with Gasteiger partial charge in [-0.15, -0.1) is 22.7 Å². The molecule has 3 aromatic heterocycles. The maximum Gasteiger partial charge on any atom is 0.0863 e. The van der Waals surface area contributed by atoms with Gasteiger partial charge in [0.2, 0.25) is 0 Å². The fourth-order valence-corrected chi connectivity index (χ4v) is 3.50. The first-order valence-corrected chi connectivity index (χ1v) is 6.82. The van der Waals surface area contributed by atoms with Crippen LogP contribution >= 0.6 is 22.7 Å². The van der Waals surface area contributed by atoms with E-state index in [1.165, 1.54) is 20.2 Å². The molecular weight excluding hydrogens is 248 g/mol. The van der Waals surface area contributed by atoms with Crippen molar-refractivity contribution in [1.29, 1.82) is 0 Å². The van der Waals surface area contributed by atoms with Crippen LogP contribution in [0.4, 0.5) is 5.00 Å². The third-order valence-electron chi connectivity index (χ3n) is 2.44. The number of hydrogen-bond acceptors (Lipinski definition) is 4. The largest absolute Gasteiger partial charge is 0.391 e. The van der Waals surface area contributed by atoms with Gasteiger partial charge in [-0.2, -0.15) is 0 Å². The Labute approximate surface area is 107 Å². The van der Waals surface area contributed by atoms with Crippen molar-refractivity contribution < 1.29 is 0 Å². The van der Waals surface area contributed by atoms with Crippen LogP contribution in [0.1, 0.15) is 0 Å². The number of aromatic nitrogens is 1. The van der Waals surface area contributed by atoms with E-state index in [4.69, 9.17) is 5.73 Å². The van der Waals surface area contributed by atoms with Gasteiger partial charge in [0.15, 0.2) is 0 Å². The molecule has 0 spiro atoms. The van der Waals surface area contributed by atoms with Crippen molar-refractivity contribution in [2.24, 2.45) is 0 Å². The summed E-state index contributed by atoms with van der Waals surface area (Å²) in [5, 5.41) is 0.860. The van der Waals surface area contributed by atoms with Gasteiger partial charge >= 0.3 is 0 Å². The summed E-state index contributed by atoms with van der Waals surface area (Å²) in [4.78, 5) is 7.78. The van der Waals surface area contributed by atoms with Crippen LogP contribution in [0.5, 0.6) is 0 Å². The molecule has 0 saturated heterocycles. The minimum Gasteiger partial charge on any atom is -0.391 e. The van der Waals surface area contributed by atoms with E-state index in [0.29, 0.717) is 0 Å². The Bertz CT molecular complexity index is 626. The third-order valence-corrected chi connectivity index (χ3v) is 4.68. The van der Waals surface area contributed by atoms with Crippen molar-refractivity contribution >= 4 is 27.7 Å². The minimum atomic E-state index is 0.860. The molecule has 4 heteroatoms. The average Bonchev–Trinajstić information content (AvgIpc) is 2.98. The molecule has 2 N–H and O–H groups in total. The quantitative estimate of drug-likeness (QED) is 0.751. The summed E-state index contributed by atoms with van der Waals surface area (Å²) < 4.78 is 0. The van der Waals surface area contributed by atoms with Crippen molar-refractivity contribution in [1.82, 2.24) is 4.98 Å². The van der Waals surface area contributed by atoms with Gasteiger partial charge in [-0.25, -0.2) is 0 Å². The maximum absolute atomic E-state index is 5.75. The lowest BCUT2D eigenvalue weighted by Crippen LogP contribution is -1.72. The van der Waals surface area contributed by atoms with Gasteiger partial charge in [-0.3, -0.25) is 4.98 Å². The van der Waals surface area contributed by atoms with Gasteiger partial charge in [-0.1, -0.05) is 0 Å². The lowest BCUT2D eigenvalue weighted by molar-refractivity contribution is 1.33. The van der Waals surface area contributed by atoms with Gasteiger partial charge in [0.25, 0.3) is 0 Å². The van der Waals surface area contributed by atoms with Gasteiger partial charge in [0.05, 0.1) is 5.00 Å². The molecule has 0 amide bonds. The van der Waals surface area contributed by atoms with Crippen LogP contribution in [0.15, 0.2) is 48.8 Å². The van der Waals surface area contributed by atoms with E-state index in [1.807, 2.05) is 30.6 Å². The molecule has 2 nitrogen and oxygen atoms in total. The number of nitrogen functional groups attached to an aromatic ring is 1. The smallest absolute Gasteiger partial charge is 0.0863 e. The molecule has 84 valence electrons. The van der Waals surface area contributed by atoms with Crippen LogP contribution in [0, 0.1) is 0 Å². The number of pyridine rings is 1. The summed E-state index contributed by atoms with van der Waals surface area (Å²) in [7, 11) is 0. The first kappa shape index (κ1) is 10.5. The molecule has 3 heterocycles. The molecule has 0 bridgehead atoms. The van der Waals surface area contributed by atoms with Gasteiger partial charge in [0.1, 0.15) is 0 Å². The Hall–Kier alpha value is -1.65. The van der Waals surface area contributed by atoms with Crippen molar-refractivity contribution in [2.45, 2.75) is 0 Å². The zero-order valence-corrected chi connectivity index (χ0v) is 10.6. The summed E-state index contributed by atoms with van der Waals surface area (Å²) in [6.07, 6.45) is 3.63. The van der Waals surface area contributed by atoms with Crippen LogP contribution < -0.4 is 5.73 Å². The summed E-state index contributed by atoms with van der Waals surface area (Å²) in [5.74, 6) is 0. The number of nitrogens with zero attached hydrogens (tertiary/aromatic N) is 1. The van der Waals surface area contributed by atoms with E-state index in [0.717, 1.165) is 5.00 Å². The lowest BCUT2D eigenvalue weighted by Gasteiger charge is -1.94. The summed E-state index contributed by atoms with van der Waals surface area (Å²) in [6, 6.07) is 12.4. The normalized spacial score (nSPS) is 10.6. The van der Waals surface area contributed by atoms with Crippen molar-refractivity contribution in [3.8, 4) is 20.2 Å². The number of nitrogens with two attached hydrogens (primary N) is 1. The topological polar surface area (TPSA) is 38.9 Å². The number of thiophene rings is 2. The Kier molecular flexibility index (Phi) is 2.66. The highest BCUT2D eigenvalue weighted by Gasteiger charge is 2.06. The molecule has 3 rings (SSSR count). The van der Waals surface area contributed by atoms with Crippen LogP contribution in [-0.4, -0.2) is 4.98 Å². The Morgan fingerprint density at radius 1 is 0.765 bits per heavy atom. The number of rotatable bonds is 2. The molecule has 17 heavy (non-hydrogen) atoms. The second-order valence-corrected chi connectivity index (χ2v) is 5.80. The molecule has 0 aliphatic carbocycles. The second kappa shape index (κ2) is 4.31. The summed E-state index contributed by atoms with van der Waals surface area (Å²) in [6.45, 7) is 0. The molecule has 0 aliphatic heterocycles. The molecule has 0 aromatic carbocycles. The number of hydrogen-bond donors (Lipinski definition) is 1. The molecule has 0 unspecified atom stereocenters. The van der Waals surface area contributed by atoms with Crippen LogP contribution in [0.2, 0.25) is 0 Å². The Morgan fingerprint density at radius 2 is 1.41 bits per heavy atom. The summed E-state index contributed by atoms with van der Waals surface area (Å²) in [5.41, 5.74) is 6.96. The lowest BCUT2D eigenvalue weighted by atomic mass is 10.2. The molecule has 0 radical (unpaired) electrons. The van der Waals surface area contributed by atoms with Crippen molar-refractivity contribution in [3.05, 3.63) is 48.8 Å². The molecular formula is C13H10N2S2. The third kappa shape index (κ3) is 2.09. The predicted molar refractivity (Wildman–Crippen MR) is 75.3 cm³/mol. The summed E-state index contributed by atoms with van der Waals surface area (Å²) >= 11 is 3.40. The van der Waals surface area contributed by atoms with Crippen molar-refractivity contribution in [2.75, 3.05) is 5.73 Å². The molecule has 3 aromatic rings. The second-order valence-electron chi connectivity index (χ2n) is 3.60. The maximum atomic E-state index is 5.75. The Balaban J connectivity index is 1.99. The first-order valence-electron chi connectivity index (χ1n) is 5.19. The zero-order valence-electron chi connectivity index (χ0n) is 8.96. The standard InChI is InChI=1S/C13H10N2S2/c14-13-4-3-12(17-13)11-2-1-10(16-11)9-5-7-15-8-6-9/h1-8H,14H2. The van der Waals surface area contributed by atoms with E-state index >= 15 is 0 Å². The zero-order chi connectivity index (χ0) is 11.7. The van der Waals surface area contributed by atoms with Crippen LogP contribution in [0.3, 0.4) is 0 Å². The van der Waals surface area contributed by atoms with Crippen LogP contribution in [-0.2, 0) is 0 Å². The van der Waals surface area contributed by atoms with Crippen LogP contribution in [0.25, 0.3) is 20.2 Å². The number of anilines is 1. The van der Waals surface area contributed by atoms with E-state index in [1.54, 1.807) is 22.7 Å². The van der Waals surface area contributed by atoms with Gasteiger partial charge in [0, 0.05) is 27.0 Å².